The molecule has 2 heterocycles. The highest BCUT2D eigenvalue weighted by molar-refractivity contribution is 7.98. The molecule has 0 radical (unpaired) electrons. The Morgan fingerprint density at radius 3 is 2.81 bits per heavy atom. The minimum absolute atomic E-state index is 0.201. The molecule has 7 heteroatoms. The van der Waals surface area contributed by atoms with Crippen molar-refractivity contribution in [3.63, 3.8) is 0 Å². The number of thioether (sulfide) groups is 1. The summed E-state index contributed by atoms with van der Waals surface area (Å²) in [5.74, 6) is 3.73. The number of hydrogen-bond donors (Lipinski definition) is 0. The van der Waals surface area contributed by atoms with Crippen molar-refractivity contribution in [2.24, 2.45) is 17.8 Å². The minimum Gasteiger partial charge on any atom is -0.483 e. The number of halogens is 1. The molecule has 5 nitrogen and oxygen atoms in total. The quantitative estimate of drug-likeness (QED) is 0.424. The van der Waals surface area contributed by atoms with Crippen molar-refractivity contribution in [1.82, 2.24) is 19.7 Å². The lowest BCUT2D eigenvalue weighted by Gasteiger charge is -2.30. The molecule has 2 aromatic heterocycles. The molecule has 2 aliphatic rings. The average Bonchev–Trinajstić information content (AvgIpc) is 3.53. The fourth-order valence-corrected chi connectivity index (χ4v) is 6.30. The fraction of sp³-hybridized carbons (Fsp3) is 0.458. The number of fused-ring (bicyclic) bond motifs is 2. The molecule has 0 N–H and O–H groups in total. The first-order chi connectivity index (χ1) is 15.2. The standard InChI is InChI=1S/C24H27FN4OS/c1-16(20-12-17-8-9-19(20)11-17)29-23(14-30-22-7-3-2-6-21(22)25)27-28-24(29)31-15-18-5-4-10-26-13-18/h2-7,10,13,16-17,19-20H,8-9,11-12,14-15H2,1H3/t16-,17+,19+,20-/m1/s1. The molecule has 31 heavy (non-hydrogen) atoms. The summed E-state index contributed by atoms with van der Waals surface area (Å²) in [5.41, 5.74) is 1.15. The molecule has 5 rings (SSSR count). The van der Waals surface area contributed by atoms with Crippen LogP contribution in [0.2, 0.25) is 0 Å². The van der Waals surface area contributed by atoms with Crippen molar-refractivity contribution >= 4 is 11.8 Å². The predicted octanol–water partition coefficient (Wildman–Crippen LogP) is 5.68. The average molecular weight is 439 g/mol. The van der Waals surface area contributed by atoms with Gasteiger partial charge in [-0.3, -0.25) is 9.55 Å². The number of benzene rings is 1. The van der Waals surface area contributed by atoms with Crippen molar-refractivity contribution in [2.45, 2.75) is 56.2 Å². The molecule has 2 bridgehead atoms. The van der Waals surface area contributed by atoms with Gasteiger partial charge in [-0.25, -0.2) is 4.39 Å². The van der Waals surface area contributed by atoms with Gasteiger partial charge in [-0.05, 0) is 67.7 Å². The summed E-state index contributed by atoms with van der Waals surface area (Å²) >= 11 is 1.67. The zero-order chi connectivity index (χ0) is 21.2. The van der Waals surface area contributed by atoms with Gasteiger partial charge >= 0.3 is 0 Å². The van der Waals surface area contributed by atoms with Gasteiger partial charge in [0.05, 0.1) is 0 Å². The summed E-state index contributed by atoms with van der Waals surface area (Å²) in [7, 11) is 0. The van der Waals surface area contributed by atoms with E-state index in [0.717, 1.165) is 34.1 Å². The first kappa shape index (κ1) is 20.5. The highest BCUT2D eigenvalue weighted by Crippen LogP contribution is 2.52. The Hall–Kier alpha value is -2.41. The predicted molar refractivity (Wildman–Crippen MR) is 118 cm³/mol. The van der Waals surface area contributed by atoms with E-state index >= 15 is 0 Å². The maximum absolute atomic E-state index is 14.0. The smallest absolute Gasteiger partial charge is 0.191 e. The van der Waals surface area contributed by atoms with Crippen LogP contribution in [0.4, 0.5) is 4.39 Å². The fourth-order valence-electron chi connectivity index (χ4n) is 5.33. The van der Waals surface area contributed by atoms with Gasteiger partial charge in [0.1, 0.15) is 6.61 Å². The van der Waals surface area contributed by atoms with Gasteiger partial charge in [0, 0.05) is 24.2 Å². The summed E-state index contributed by atoms with van der Waals surface area (Å²) in [6.07, 6.45) is 9.02. The number of pyridine rings is 1. The van der Waals surface area contributed by atoms with E-state index < -0.39 is 0 Å². The third-order valence-electron chi connectivity index (χ3n) is 6.84. The van der Waals surface area contributed by atoms with E-state index in [1.807, 2.05) is 12.3 Å². The van der Waals surface area contributed by atoms with E-state index in [4.69, 9.17) is 4.74 Å². The van der Waals surface area contributed by atoms with Crippen LogP contribution >= 0.6 is 11.8 Å². The number of para-hydroxylation sites is 1. The lowest BCUT2D eigenvalue weighted by atomic mass is 9.84. The van der Waals surface area contributed by atoms with Crippen LogP contribution in [0.25, 0.3) is 0 Å². The molecule has 4 atom stereocenters. The number of rotatable bonds is 8. The molecule has 2 aliphatic carbocycles. The molecule has 3 aromatic rings. The van der Waals surface area contributed by atoms with Crippen LogP contribution in [0, 0.1) is 23.6 Å². The zero-order valence-electron chi connectivity index (χ0n) is 17.7. The zero-order valence-corrected chi connectivity index (χ0v) is 18.5. The van der Waals surface area contributed by atoms with E-state index in [0.29, 0.717) is 12.0 Å². The third kappa shape index (κ3) is 4.33. The molecular weight excluding hydrogens is 411 g/mol. The van der Waals surface area contributed by atoms with E-state index in [1.54, 1.807) is 36.2 Å². The van der Waals surface area contributed by atoms with Gasteiger partial charge in [-0.15, -0.1) is 10.2 Å². The lowest BCUT2D eigenvalue weighted by Crippen LogP contribution is -2.24. The van der Waals surface area contributed by atoms with E-state index in [-0.39, 0.29) is 18.2 Å². The Kier molecular flexibility index (Phi) is 5.94. The van der Waals surface area contributed by atoms with Crippen molar-refractivity contribution in [1.29, 1.82) is 0 Å². The Morgan fingerprint density at radius 2 is 2.06 bits per heavy atom. The van der Waals surface area contributed by atoms with Gasteiger partial charge < -0.3 is 4.74 Å². The topological polar surface area (TPSA) is 52.8 Å². The third-order valence-corrected chi connectivity index (χ3v) is 7.85. The van der Waals surface area contributed by atoms with Gasteiger partial charge in [0.25, 0.3) is 0 Å². The summed E-state index contributed by atoms with van der Waals surface area (Å²) in [5, 5.41) is 9.85. The maximum atomic E-state index is 14.0. The van der Waals surface area contributed by atoms with Crippen molar-refractivity contribution in [3.05, 3.63) is 66.0 Å². The largest absolute Gasteiger partial charge is 0.483 e. The summed E-state index contributed by atoms with van der Waals surface area (Å²) in [4.78, 5) is 4.21. The molecule has 0 amide bonds. The van der Waals surface area contributed by atoms with E-state index in [9.17, 15) is 4.39 Å². The number of nitrogens with zero attached hydrogens (tertiary/aromatic N) is 4. The number of ether oxygens (including phenoxy) is 1. The minimum atomic E-state index is -0.360. The Morgan fingerprint density at radius 1 is 1.16 bits per heavy atom. The van der Waals surface area contributed by atoms with Crippen molar-refractivity contribution < 1.29 is 9.13 Å². The van der Waals surface area contributed by atoms with Crippen LogP contribution in [0.1, 0.15) is 50.0 Å². The van der Waals surface area contributed by atoms with Gasteiger partial charge in [0.2, 0.25) is 0 Å². The highest BCUT2D eigenvalue weighted by Gasteiger charge is 2.43. The Labute approximate surface area is 186 Å². The van der Waals surface area contributed by atoms with Crippen LogP contribution in [0.15, 0.2) is 53.9 Å². The van der Waals surface area contributed by atoms with E-state index in [2.05, 4.69) is 32.7 Å². The second-order valence-electron chi connectivity index (χ2n) is 8.72. The van der Waals surface area contributed by atoms with Gasteiger partial charge in [0.15, 0.2) is 22.5 Å². The maximum Gasteiger partial charge on any atom is 0.191 e. The monoisotopic (exact) mass is 438 g/mol. The van der Waals surface area contributed by atoms with Crippen LogP contribution in [0.5, 0.6) is 5.75 Å². The van der Waals surface area contributed by atoms with Crippen LogP contribution in [-0.2, 0) is 12.4 Å². The lowest BCUT2D eigenvalue weighted by molar-refractivity contribution is 0.215. The first-order valence-electron chi connectivity index (χ1n) is 11.0. The number of aromatic nitrogens is 4. The summed E-state index contributed by atoms with van der Waals surface area (Å²) < 4.78 is 22.1. The van der Waals surface area contributed by atoms with Gasteiger partial charge in [-0.1, -0.05) is 36.4 Å². The Bertz CT molecular complexity index is 1030. The van der Waals surface area contributed by atoms with Crippen molar-refractivity contribution in [2.75, 3.05) is 0 Å². The molecule has 162 valence electrons. The Balaban J connectivity index is 1.38. The molecule has 0 saturated heterocycles. The van der Waals surface area contributed by atoms with Crippen molar-refractivity contribution in [3.8, 4) is 5.75 Å². The molecule has 2 saturated carbocycles. The van der Waals surface area contributed by atoms with E-state index in [1.165, 1.54) is 31.7 Å². The second-order valence-corrected chi connectivity index (χ2v) is 9.66. The second kappa shape index (κ2) is 8.99. The molecule has 0 spiro atoms. The van der Waals surface area contributed by atoms with Crippen LogP contribution in [-0.4, -0.2) is 19.7 Å². The molecular formula is C24H27FN4OS. The molecule has 0 aliphatic heterocycles. The van der Waals surface area contributed by atoms with Crippen LogP contribution < -0.4 is 4.74 Å². The van der Waals surface area contributed by atoms with Crippen LogP contribution in [0.3, 0.4) is 0 Å². The summed E-state index contributed by atoms with van der Waals surface area (Å²) in [6, 6.07) is 10.8. The normalized spacial score (nSPS) is 23.2. The molecule has 2 fully saturated rings. The molecule has 0 unspecified atom stereocenters. The highest BCUT2D eigenvalue weighted by atomic mass is 32.2. The number of hydrogen-bond acceptors (Lipinski definition) is 5. The SMILES string of the molecule is C[C@H]([C@H]1C[C@H]2CC[C@H]1C2)n1c(COc2ccccc2F)nnc1SCc1cccnc1. The van der Waals surface area contributed by atoms with Gasteiger partial charge in [-0.2, -0.15) is 0 Å². The molecule has 1 aromatic carbocycles. The first-order valence-corrected chi connectivity index (χ1v) is 12.0. The summed E-state index contributed by atoms with van der Waals surface area (Å²) in [6.45, 7) is 2.49.